The molecule has 2 aromatic rings. The Morgan fingerprint density at radius 1 is 1.06 bits per heavy atom. The largest absolute Gasteiger partial charge is 0.385 e. The molecule has 170 valence electrons. The van der Waals surface area contributed by atoms with Gasteiger partial charge in [-0.05, 0) is 44.0 Å². The molecule has 0 spiro atoms. The highest BCUT2D eigenvalue weighted by molar-refractivity contribution is 5.92. The molecular weight excluding hydrogens is 392 g/mol. The fourth-order valence-corrected chi connectivity index (χ4v) is 3.25. The number of urea groups is 1. The van der Waals surface area contributed by atoms with Crippen molar-refractivity contribution in [2.75, 3.05) is 38.7 Å². The zero-order valence-corrected chi connectivity index (χ0v) is 19.3. The van der Waals surface area contributed by atoms with Crippen molar-refractivity contribution in [3.05, 3.63) is 53.9 Å². The van der Waals surface area contributed by atoms with Crippen molar-refractivity contribution in [2.24, 2.45) is 7.05 Å². The lowest BCUT2D eigenvalue weighted by atomic mass is 10.2. The van der Waals surface area contributed by atoms with Gasteiger partial charge in [0.1, 0.15) is 6.54 Å². The van der Waals surface area contributed by atoms with Crippen LogP contribution in [0.3, 0.4) is 0 Å². The van der Waals surface area contributed by atoms with Gasteiger partial charge in [-0.25, -0.2) is 4.79 Å². The van der Waals surface area contributed by atoms with E-state index < -0.39 is 0 Å². The van der Waals surface area contributed by atoms with Gasteiger partial charge in [0, 0.05) is 51.4 Å². The molecule has 1 N–H and O–H groups in total. The Bertz CT molecular complexity index is 816. The molecule has 0 unspecified atom stereocenters. The van der Waals surface area contributed by atoms with Crippen LogP contribution in [0.25, 0.3) is 0 Å². The first kappa shape index (κ1) is 24.5. The van der Waals surface area contributed by atoms with Crippen molar-refractivity contribution in [3.8, 4) is 0 Å². The van der Waals surface area contributed by atoms with Crippen molar-refractivity contribution >= 4 is 17.6 Å². The third-order valence-corrected chi connectivity index (χ3v) is 5.23. The summed E-state index contributed by atoms with van der Waals surface area (Å²) >= 11 is 0. The molecule has 0 aliphatic heterocycles. The van der Waals surface area contributed by atoms with E-state index in [1.165, 1.54) is 0 Å². The highest BCUT2D eigenvalue weighted by Gasteiger charge is 2.22. The number of rotatable bonds is 12. The van der Waals surface area contributed by atoms with Crippen molar-refractivity contribution in [1.82, 2.24) is 14.4 Å². The molecule has 0 aliphatic rings. The molecule has 1 aromatic carbocycles. The molecule has 1 heterocycles. The number of aromatic nitrogens is 1. The Hall–Kier alpha value is -2.80. The number of nitrogens with one attached hydrogen (secondary N) is 1. The van der Waals surface area contributed by atoms with E-state index in [1.807, 2.05) is 66.0 Å². The number of unbranched alkanes of at least 4 members (excludes halogenated alkanes) is 1. The summed E-state index contributed by atoms with van der Waals surface area (Å²) < 4.78 is 7.16. The first-order valence-corrected chi connectivity index (χ1v) is 10.9. The average Bonchev–Trinajstić information content (AvgIpc) is 3.16. The van der Waals surface area contributed by atoms with E-state index in [4.69, 9.17) is 4.74 Å². The normalized spacial score (nSPS) is 10.7. The number of ether oxygens (including phenoxy) is 1. The molecule has 0 fully saturated rings. The summed E-state index contributed by atoms with van der Waals surface area (Å²) in [5.74, 6) is -0.0499. The quantitative estimate of drug-likeness (QED) is 0.519. The molecular formula is C24H36N4O3. The number of amides is 3. The lowest BCUT2D eigenvalue weighted by Gasteiger charge is -2.28. The Morgan fingerprint density at radius 2 is 1.77 bits per heavy atom. The zero-order valence-electron chi connectivity index (χ0n) is 19.3. The van der Waals surface area contributed by atoms with Gasteiger partial charge in [-0.15, -0.1) is 0 Å². The minimum atomic E-state index is -0.275. The van der Waals surface area contributed by atoms with Crippen LogP contribution < -0.4 is 5.32 Å². The van der Waals surface area contributed by atoms with Crippen molar-refractivity contribution in [1.29, 1.82) is 0 Å². The Morgan fingerprint density at radius 3 is 2.39 bits per heavy atom. The second-order valence-corrected chi connectivity index (χ2v) is 7.84. The van der Waals surface area contributed by atoms with E-state index in [1.54, 1.807) is 12.0 Å². The van der Waals surface area contributed by atoms with Crippen LogP contribution in [0.15, 0.2) is 42.6 Å². The second-order valence-electron chi connectivity index (χ2n) is 7.84. The molecule has 7 nitrogen and oxygen atoms in total. The summed E-state index contributed by atoms with van der Waals surface area (Å²) in [4.78, 5) is 29.6. The Kier molecular flexibility index (Phi) is 10.1. The third-order valence-electron chi connectivity index (χ3n) is 5.23. The van der Waals surface area contributed by atoms with E-state index in [9.17, 15) is 9.59 Å². The fourth-order valence-electron chi connectivity index (χ4n) is 3.25. The van der Waals surface area contributed by atoms with Crippen LogP contribution in [0, 0.1) is 6.92 Å². The highest BCUT2D eigenvalue weighted by atomic mass is 16.5. The van der Waals surface area contributed by atoms with Crippen molar-refractivity contribution < 1.29 is 14.3 Å². The number of hydrogen-bond acceptors (Lipinski definition) is 3. The second kappa shape index (κ2) is 12.8. The number of carbonyl (C=O) groups is 2. The van der Waals surface area contributed by atoms with E-state index in [2.05, 4.69) is 12.2 Å². The van der Waals surface area contributed by atoms with Gasteiger partial charge in [-0.1, -0.05) is 31.0 Å². The van der Waals surface area contributed by atoms with Gasteiger partial charge >= 0.3 is 6.03 Å². The molecule has 0 radical (unpaired) electrons. The number of benzene rings is 1. The van der Waals surface area contributed by atoms with Crippen molar-refractivity contribution in [3.63, 3.8) is 0 Å². The molecule has 3 amide bonds. The minimum Gasteiger partial charge on any atom is -0.385 e. The van der Waals surface area contributed by atoms with Crippen LogP contribution in [0.5, 0.6) is 0 Å². The number of carbonyl (C=O) groups excluding carboxylic acids is 2. The highest BCUT2D eigenvalue weighted by Crippen LogP contribution is 2.12. The maximum absolute atomic E-state index is 13.2. The molecule has 31 heavy (non-hydrogen) atoms. The van der Waals surface area contributed by atoms with Gasteiger partial charge in [0.2, 0.25) is 5.91 Å². The zero-order chi connectivity index (χ0) is 22.6. The Balaban J connectivity index is 2.09. The first-order chi connectivity index (χ1) is 14.9. The van der Waals surface area contributed by atoms with Gasteiger partial charge in [0.15, 0.2) is 0 Å². The van der Waals surface area contributed by atoms with E-state index >= 15 is 0 Å². The summed E-state index contributed by atoms with van der Waals surface area (Å²) in [6, 6.07) is 11.3. The number of hydrogen-bond donors (Lipinski definition) is 1. The molecule has 7 heteroatoms. The SMILES string of the molecule is CCCCN(Cc1cccn1C)C(=O)CN(CCCOC)C(=O)Nc1ccc(C)cc1. The average molecular weight is 429 g/mol. The predicted molar refractivity (Wildman–Crippen MR) is 124 cm³/mol. The summed E-state index contributed by atoms with van der Waals surface area (Å²) in [7, 11) is 3.61. The van der Waals surface area contributed by atoms with E-state index in [0.717, 1.165) is 24.1 Å². The van der Waals surface area contributed by atoms with Gasteiger partial charge in [0.05, 0.1) is 6.54 Å². The molecule has 0 bridgehead atoms. The van der Waals surface area contributed by atoms with Gasteiger partial charge < -0.3 is 24.4 Å². The molecule has 0 atom stereocenters. The van der Waals surface area contributed by atoms with Crippen LogP contribution in [-0.2, 0) is 23.1 Å². The number of aryl methyl sites for hydroxylation is 2. The van der Waals surface area contributed by atoms with Crippen LogP contribution in [0.4, 0.5) is 10.5 Å². The van der Waals surface area contributed by atoms with E-state index in [-0.39, 0.29) is 18.5 Å². The van der Waals surface area contributed by atoms with Crippen LogP contribution in [0.2, 0.25) is 0 Å². The molecule has 0 aliphatic carbocycles. The van der Waals surface area contributed by atoms with Gasteiger partial charge in [-0.2, -0.15) is 0 Å². The lowest BCUT2D eigenvalue weighted by Crippen LogP contribution is -2.45. The monoisotopic (exact) mass is 428 g/mol. The van der Waals surface area contributed by atoms with Crippen LogP contribution >= 0.6 is 0 Å². The molecule has 2 rings (SSSR count). The summed E-state index contributed by atoms with van der Waals surface area (Å²) in [6.07, 6.45) is 4.57. The maximum Gasteiger partial charge on any atom is 0.322 e. The van der Waals surface area contributed by atoms with Crippen molar-refractivity contribution in [2.45, 2.75) is 39.7 Å². The minimum absolute atomic E-state index is 0.0372. The first-order valence-electron chi connectivity index (χ1n) is 10.9. The molecule has 1 aromatic heterocycles. The Labute approximate surface area is 186 Å². The van der Waals surface area contributed by atoms with Gasteiger partial charge in [-0.3, -0.25) is 4.79 Å². The number of anilines is 1. The molecule has 0 saturated heterocycles. The molecule has 0 saturated carbocycles. The standard InChI is InChI=1S/C24H36N4O3/c1-5-6-15-27(18-22-9-7-14-26(22)3)23(29)19-28(16-8-17-31-4)24(30)25-21-12-10-20(2)11-13-21/h7,9-14H,5-6,8,15-19H2,1-4H3,(H,25,30). The number of methoxy groups -OCH3 is 1. The van der Waals surface area contributed by atoms with Crippen LogP contribution in [0.1, 0.15) is 37.4 Å². The summed E-state index contributed by atoms with van der Waals surface area (Å²) in [5, 5.41) is 2.91. The fraction of sp³-hybridized carbons (Fsp3) is 0.500. The maximum atomic E-state index is 13.2. The topological polar surface area (TPSA) is 66.8 Å². The smallest absolute Gasteiger partial charge is 0.322 e. The van der Waals surface area contributed by atoms with Gasteiger partial charge in [0.25, 0.3) is 0 Å². The lowest BCUT2D eigenvalue weighted by molar-refractivity contribution is -0.132. The third kappa shape index (κ3) is 8.09. The van der Waals surface area contributed by atoms with E-state index in [0.29, 0.717) is 38.3 Å². The summed E-state index contributed by atoms with van der Waals surface area (Å²) in [6.45, 7) is 6.33. The summed E-state index contributed by atoms with van der Waals surface area (Å²) in [5.41, 5.74) is 2.91. The van der Waals surface area contributed by atoms with Crippen LogP contribution in [-0.4, -0.2) is 59.7 Å². The number of nitrogens with zero attached hydrogens (tertiary/aromatic N) is 3. The predicted octanol–water partition coefficient (Wildman–Crippen LogP) is 4.03.